The maximum absolute atomic E-state index is 10.3. The number of nitrogens with zero attached hydrogens (tertiary/aromatic N) is 3. The summed E-state index contributed by atoms with van der Waals surface area (Å²) in [5.41, 5.74) is 0.962. The number of halogens is 1. The van der Waals surface area contributed by atoms with Crippen LogP contribution < -0.4 is 5.32 Å². The number of piperidine rings is 1. The summed E-state index contributed by atoms with van der Waals surface area (Å²) < 4.78 is 1.04. The van der Waals surface area contributed by atoms with Gasteiger partial charge in [0.15, 0.2) is 0 Å². The minimum atomic E-state index is -0.138. The number of fused-ring (bicyclic) bond motifs is 1. The third kappa shape index (κ3) is 3.81. The van der Waals surface area contributed by atoms with Crippen molar-refractivity contribution in [3.8, 4) is 0 Å². The Labute approximate surface area is 157 Å². The fourth-order valence-corrected chi connectivity index (χ4v) is 4.59. The van der Waals surface area contributed by atoms with Gasteiger partial charge >= 0.3 is 0 Å². The second-order valence-electron chi connectivity index (χ2n) is 7.26. The number of anilines is 1. The highest BCUT2D eigenvalue weighted by Crippen LogP contribution is 2.28. The predicted molar refractivity (Wildman–Crippen MR) is 104 cm³/mol. The Morgan fingerprint density at radius 1 is 1.08 bits per heavy atom. The normalized spacial score (nSPS) is 26.0. The zero-order valence-electron chi connectivity index (χ0n) is 14.4. The van der Waals surface area contributed by atoms with Gasteiger partial charge in [0.2, 0.25) is 0 Å². The van der Waals surface area contributed by atoms with Crippen molar-refractivity contribution in [1.82, 2.24) is 14.9 Å². The molecule has 134 valence electrons. The molecule has 2 aromatic rings. The van der Waals surface area contributed by atoms with Gasteiger partial charge in [0.25, 0.3) is 0 Å². The lowest BCUT2D eigenvalue weighted by Gasteiger charge is -2.41. The molecule has 1 aliphatic heterocycles. The van der Waals surface area contributed by atoms with Crippen LogP contribution in [0.5, 0.6) is 0 Å². The molecule has 5 nitrogen and oxygen atoms in total. The molecule has 2 fully saturated rings. The van der Waals surface area contributed by atoms with E-state index in [9.17, 15) is 5.11 Å². The summed E-state index contributed by atoms with van der Waals surface area (Å²) >= 11 is 3.54. The lowest BCUT2D eigenvalue weighted by molar-refractivity contribution is 0.00993. The minimum absolute atomic E-state index is 0.138. The molecule has 0 amide bonds. The molecule has 0 bridgehead atoms. The fraction of sp³-hybridized carbons (Fsp3) is 0.579. The van der Waals surface area contributed by atoms with Crippen molar-refractivity contribution in [1.29, 1.82) is 0 Å². The zero-order valence-corrected chi connectivity index (χ0v) is 16.0. The first-order chi connectivity index (χ1) is 12.2. The van der Waals surface area contributed by atoms with Crippen LogP contribution >= 0.6 is 15.9 Å². The van der Waals surface area contributed by atoms with Crippen molar-refractivity contribution in [3.05, 3.63) is 29.0 Å². The Bertz CT molecular complexity index is 732. The van der Waals surface area contributed by atoms with Crippen LogP contribution in [0.4, 0.5) is 5.82 Å². The first kappa shape index (κ1) is 17.2. The van der Waals surface area contributed by atoms with E-state index < -0.39 is 0 Å². The molecule has 1 saturated heterocycles. The average molecular weight is 405 g/mol. The van der Waals surface area contributed by atoms with Crippen LogP contribution in [0.25, 0.3) is 10.9 Å². The van der Waals surface area contributed by atoms with Crippen LogP contribution in [0.15, 0.2) is 29.0 Å². The van der Waals surface area contributed by atoms with E-state index in [1.165, 1.54) is 12.8 Å². The Morgan fingerprint density at radius 2 is 1.88 bits per heavy atom. The molecule has 1 aliphatic carbocycles. The molecule has 2 heterocycles. The van der Waals surface area contributed by atoms with Gasteiger partial charge in [0.05, 0.1) is 11.6 Å². The molecule has 0 spiro atoms. The number of likely N-dealkylation sites (tertiary alicyclic amines) is 1. The molecule has 1 aromatic carbocycles. The summed E-state index contributed by atoms with van der Waals surface area (Å²) in [6, 6.07) is 6.89. The Morgan fingerprint density at radius 3 is 2.68 bits per heavy atom. The molecule has 2 N–H and O–H groups in total. The SMILES string of the molecule is OC1CCCCC1N1CCC(Nc2ncnc3ccc(Br)cc23)CC1. The van der Waals surface area contributed by atoms with Crippen molar-refractivity contribution < 1.29 is 5.11 Å². The highest BCUT2D eigenvalue weighted by atomic mass is 79.9. The van der Waals surface area contributed by atoms with E-state index in [1.54, 1.807) is 6.33 Å². The van der Waals surface area contributed by atoms with Crippen molar-refractivity contribution in [2.75, 3.05) is 18.4 Å². The summed E-state index contributed by atoms with van der Waals surface area (Å²) in [6.45, 7) is 2.10. The summed E-state index contributed by atoms with van der Waals surface area (Å²) in [4.78, 5) is 11.3. The Balaban J connectivity index is 1.41. The monoisotopic (exact) mass is 404 g/mol. The molecule has 25 heavy (non-hydrogen) atoms. The van der Waals surface area contributed by atoms with Gasteiger partial charge in [0, 0.05) is 35.0 Å². The Kier molecular flexibility index (Phi) is 5.20. The molecular weight excluding hydrogens is 380 g/mol. The van der Waals surface area contributed by atoms with Crippen molar-refractivity contribution in [3.63, 3.8) is 0 Å². The quantitative estimate of drug-likeness (QED) is 0.818. The highest BCUT2D eigenvalue weighted by Gasteiger charge is 2.31. The minimum Gasteiger partial charge on any atom is -0.391 e. The van der Waals surface area contributed by atoms with Crippen LogP contribution in [-0.4, -0.2) is 51.3 Å². The standard InChI is InChI=1S/C19H25BrN4O/c20-13-5-6-16-15(11-13)19(22-12-21-16)23-14-7-9-24(10-8-14)17-3-1-2-4-18(17)25/h5-6,11-12,14,17-18,25H,1-4,7-10H2,(H,21,22,23). The van der Waals surface area contributed by atoms with E-state index in [2.05, 4.69) is 42.2 Å². The molecule has 2 atom stereocenters. The number of hydrogen-bond donors (Lipinski definition) is 2. The van der Waals surface area contributed by atoms with Crippen LogP contribution in [0.3, 0.4) is 0 Å². The largest absolute Gasteiger partial charge is 0.391 e. The fourth-order valence-electron chi connectivity index (χ4n) is 4.23. The summed E-state index contributed by atoms with van der Waals surface area (Å²) in [5, 5.41) is 15.0. The van der Waals surface area contributed by atoms with Crippen LogP contribution in [0.2, 0.25) is 0 Å². The smallest absolute Gasteiger partial charge is 0.137 e. The molecule has 1 saturated carbocycles. The average Bonchev–Trinajstić information content (AvgIpc) is 2.63. The number of benzene rings is 1. The van der Waals surface area contributed by atoms with Gasteiger partial charge < -0.3 is 10.4 Å². The van der Waals surface area contributed by atoms with Gasteiger partial charge in [-0.15, -0.1) is 0 Å². The van der Waals surface area contributed by atoms with Gasteiger partial charge in [-0.2, -0.15) is 0 Å². The van der Waals surface area contributed by atoms with Gasteiger partial charge in [-0.25, -0.2) is 9.97 Å². The molecule has 2 unspecified atom stereocenters. The lowest BCUT2D eigenvalue weighted by atomic mass is 9.89. The molecule has 2 aliphatic rings. The number of rotatable bonds is 3. The molecule has 6 heteroatoms. The van der Waals surface area contributed by atoms with E-state index in [1.807, 2.05) is 12.1 Å². The van der Waals surface area contributed by atoms with Gasteiger partial charge in [-0.3, -0.25) is 4.90 Å². The summed E-state index contributed by atoms with van der Waals surface area (Å²) in [6.07, 6.45) is 8.20. The number of hydrogen-bond acceptors (Lipinski definition) is 5. The number of aliphatic hydroxyl groups is 1. The second-order valence-corrected chi connectivity index (χ2v) is 8.17. The molecule has 4 rings (SSSR count). The highest BCUT2D eigenvalue weighted by molar-refractivity contribution is 9.10. The topological polar surface area (TPSA) is 61.3 Å². The van der Waals surface area contributed by atoms with Crippen molar-refractivity contribution in [2.24, 2.45) is 0 Å². The first-order valence-corrected chi connectivity index (χ1v) is 10.1. The lowest BCUT2D eigenvalue weighted by Crippen LogP contribution is -2.50. The van der Waals surface area contributed by atoms with Crippen molar-refractivity contribution >= 4 is 32.7 Å². The maximum Gasteiger partial charge on any atom is 0.137 e. The predicted octanol–water partition coefficient (Wildman–Crippen LogP) is 3.57. The van der Waals surface area contributed by atoms with E-state index >= 15 is 0 Å². The van der Waals surface area contributed by atoms with Crippen LogP contribution in [0, 0.1) is 0 Å². The first-order valence-electron chi connectivity index (χ1n) is 9.29. The van der Waals surface area contributed by atoms with Crippen molar-refractivity contribution in [2.45, 2.75) is 56.7 Å². The van der Waals surface area contributed by atoms with Crippen LogP contribution in [-0.2, 0) is 0 Å². The number of aromatic nitrogens is 2. The van der Waals surface area contributed by atoms with E-state index in [0.29, 0.717) is 12.1 Å². The maximum atomic E-state index is 10.3. The Hall–Kier alpha value is -1.24. The number of aliphatic hydroxyl groups excluding tert-OH is 1. The van der Waals surface area contributed by atoms with Gasteiger partial charge in [0.1, 0.15) is 12.1 Å². The second kappa shape index (κ2) is 7.56. The van der Waals surface area contributed by atoms with E-state index in [4.69, 9.17) is 0 Å². The van der Waals surface area contributed by atoms with E-state index in [0.717, 1.165) is 60.0 Å². The van der Waals surface area contributed by atoms with Gasteiger partial charge in [-0.05, 0) is 43.9 Å². The molecular formula is C19H25BrN4O. The molecule has 0 radical (unpaired) electrons. The van der Waals surface area contributed by atoms with E-state index in [-0.39, 0.29) is 6.10 Å². The third-order valence-electron chi connectivity index (χ3n) is 5.63. The summed E-state index contributed by atoms with van der Waals surface area (Å²) in [7, 11) is 0. The zero-order chi connectivity index (χ0) is 17.2. The van der Waals surface area contributed by atoms with Crippen LogP contribution in [0.1, 0.15) is 38.5 Å². The molecule has 1 aromatic heterocycles. The van der Waals surface area contributed by atoms with Gasteiger partial charge in [-0.1, -0.05) is 28.8 Å². The number of nitrogens with one attached hydrogen (secondary N) is 1. The third-order valence-corrected chi connectivity index (χ3v) is 6.12. The summed E-state index contributed by atoms with van der Waals surface area (Å²) in [5.74, 6) is 0.919.